The summed E-state index contributed by atoms with van der Waals surface area (Å²) in [7, 11) is 0. The highest BCUT2D eigenvalue weighted by molar-refractivity contribution is 5.80. The quantitative estimate of drug-likeness (QED) is 0.792. The van der Waals surface area contributed by atoms with E-state index in [4.69, 9.17) is 5.73 Å². The van der Waals surface area contributed by atoms with E-state index in [-0.39, 0.29) is 17.9 Å². The van der Waals surface area contributed by atoms with Gasteiger partial charge in [0.05, 0.1) is 6.04 Å². The van der Waals surface area contributed by atoms with E-state index in [0.717, 1.165) is 6.42 Å². The van der Waals surface area contributed by atoms with E-state index >= 15 is 0 Å². The Kier molecular flexibility index (Phi) is 4.59. The second-order valence-electron chi connectivity index (χ2n) is 6.78. The molecular weight excluding hydrogens is 212 g/mol. The Morgan fingerprint density at radius 1 is 1.41 bits per heavy atom. The van der Waals surface area contributed by atoms with Crippen LogP contribution in [0.15, 0.2) is 0 Å². The highest BCUT2D eigenvalue weighted by atomic mass is 16.1. The van der Waals surface area contributed by atoms with Crippen molar-refractivity contribution < 1.29 is 4.79 Å². The van der Waals surface area contributed by atoms with Gasteiger partial charge >= 0.3 is 0 Å². The smallest absolute Gasteiger partial charge is 0.234 e. The normalized spacial score (nSPS) is 30.2. The molecule has 0 radical (unpaired) electrons. The van der Waals surface area contributed by atoms with Crippen LogP contribution in [0.5, 0.6) is 0 Å². The zero-order chi connectivity index (χ0) is 13.2. The molecule has 1 aliphatic carbocycles. The van der Waals surface area contributed by atoms with Crippen LogP contribution in [-0.4, -0.2) is 18.0 Å². The zero-order valence-electron chi connectivity index (χ0n) is 11.9. The van der Waals surface area contributed by atoms with Crippen LogP contribution in [0.3, 0.4) is 0 Å². The second-order valence-corrected chi connectivity index (χ2v) is 6.78. The first-order valence-electron chi connectivity index (χ1n) is 6.78. The maximum atomic E-state index is 11.4. The molecule has 0 heterocycles. The molecule has 1 aliphatic rings. The Morgan fingerprint density at radius 2 is 2.00 bits per heavy atom. The first kappa shape index (κ1) is 14.5. The summed E-state index contributed by atoms with van der Waals surface area (Å²) in [6, 6.07) is 0.242. The van der Waals surface area contributed by atoms with Crippen LogP contribution in [0.2, 0.25) is 0 Å². The predicted molar refractivity (Wildman–Crippen MR) is 71.5 cm³/mol. The summed E-state index contributed by atoms with van der Waals surface area (Å²) in [5.41, 5.74) is 5.89. The van der Waals surface area contributed by atoms with Gasteiger partial charge in [0.1, 0.15) is 0 Å². The topological polar surface area (TPSA) is 55.1 Å². The number of rotatable bonds is 4. The Labute approximate surface area is 106 Å². The van der Waals surface area contributed by atoms with Gasteiger partial charge in [0.15, 0.2) is 0 Å². The van der Waals surface area contributed by atoms with Crippen LogP contribution < -0.4 is 11.1 Å². The molecule has 3 unspecified atom stereocenters. The maximum Gasteiger partial charge on any atom is 0.234 e. The lowest BCUT2D eigenvalue weighted by Crippen LogP contribution is -2.53. The number of hydrogen-bond donors (Lipinski definition) is 2. The summed E-state index contributed by atoms with van der Waals surface area (Å²) in [5.74, 6) is 0.644. The summed E-state index contributed by atoms with van der Waals surface area (Å²) in [4.78, 5) is 11.4. The van der Waals surface area contributed by atoms with Gasteiger partial charge in [-0.25, -0.2) is 0 Å². The largest absolute Gasteiger partial charge is 0.368 e. The van der Waals surface area contributed by atoms with E-state index in [2.05, 4.69) is 26.1 Å². The van der Waals surface area contributed by atoms with Gasteiger partial charge in [-0.3, -0.25) is 4.79 Å². The number of amides is 1. The molecule has 1 rings (SSSR count). The first-order chi connectivity index (χ1) is 7.73. The molecule has 3 heteroatoms. The minimum Gasteiger partial charge on any atom is -0.368 e. The fourth-order valence-electron chi connectivity index (χ4n) is 3.03. The van der Waals surface area contributed by atoms with E-state index < -0.39 is 0 Å². The van der Waals surface area contributed by atoms with Crippen LogP contribution in [0.25, 0.3) is 0 Å². The minimum absolute atomic E-state index is 0.191. The molecule has 0 aromatic heterocycles. The van der Waals surface area contributed by atoms with Gasteiger partial charge in [-0.2, -0.15) is 0 Å². The summed E-state index contributed by atoms with van der Waals surface area (Å²) in [6.07, 6.45) is 3.58. The molecule has 100 valence electrons. The molecule has 0 bridgehead atoms. The van der Waals surface area contributed by atoms with Gasteiger partial charge in [-0.05, 0) is 36.5 Å². The number of carbonyl (C=O) groups excluding carboxylic acids is 1. The van der Waals surface area contributed by atoms with E-state index in [1.54, 1.807) is 0 Å². The van der Waals surface area contributed by atoms with Crippen molar-refractivity contribution in [2.75, 3.05) is 0 Å². The monoisotopic (exact) mass is 240 g/mol. The third-order valence-electron chi connectivity index (χ3n) is 4.06. The van der Waals surface area contributed by atoms with E-state index in [9.17, 15) is 4.79 Å². The molecule has 3 N–H and O–H groups in total. The number of nitrogens with two attached hydrogens (primary N) is 1. The van der Waals surface area contributed by atoms with Gasteiger partial charge in [0, 0.05) is 6.04 Å². The number of carbonyl (C=O) groups is 1. The third-order valence-corrected chi connectivity index (χ3v) is 4.06. The van der Waals surface area contributed by atoms with E-state index in [0.29, 0.717) is 17.4 Å². The van der Waals surface area contributed by atoms with Crippen molar-refractivity contribution in [3.05, 3.63) is 0 Å². The van der Waals surface area contributed by atoms with Crippen molar-refractivity contribution in [3.8, 4) is 0 Å². The van der Waals surface area contributed by atoms with Gasteiger partial charge in [0.2, 0.25) is 5.91 Å². The van der Waals surface area contributed by atoms with Crippen molar-refractivity contribution in [2.24, 2.45) is 23.0 Å². The Balaban J connectivity index is 2.60. The van der Waals surface area contributed by atoms with E-state index in [1.165, 1.54) is 12.8 Å². The molecule has 1 saturated carbocycles. The fourth-order valence-corrected chi connectivity index (χ4v) is 3.03. The Hall–Kier alpha value is -0.570. The Bertz CT molecular complexity index is 273. The lowest BCUT2D eigenvalue weighted by molar-refractivity contribution is -0.121. The lowest BCUT2D eigenvalue weighted by atomic mass is 9.70. The van der Waals surface area contributed by atoms with Crippen molar-refractivity contribution in [3.63, 3.8) is 0 Å². The summed E-state index contributed by atoms with van der Waals surface area (Å²) in [5, 5.41) is 3.47. The SMILES string of the molecule is CC(C)C(NC1CCC(C)(C)CC1C)C(N)=O. The fraction of sp³-hybridized carbons (Fsp3) is 0.929. The van der Waals surface area contributed by atoms with Crippen LogP contribution in [-0.2, 0) is 4.79 Å². The first-order valence-corrected chi connectivity index (χ1v) is 6.78. The van der Waals surface area contributed by atoms with Crippen molar-refractivity contribution >= 4 is 5.91 Å². The van der Waals surface area contributed by atoms with Crippen LogP contribution in [0.4, 0.5) is 0 Å². The standard InChI is InChI=1S/C14H28N2O/c1-9(2)12(13(15)17)16-11-6-7-14(4,5)8-10(11)3/h9-12,16H,6-8H2,1-5H3,(H2,15,17). The number of nitrogens with one attached hydrogen (secondary N) is 1. The maximum absolute atomic E-state index is 11.4. The molecule has 1 amide bonds. The third kappa shape index (κ3) is 3.98. The van der Waals surface area contributed by atoms with Crippen LogP contribution in [0, 0.1) is 17.3 Å². The molecule has 0 saturated heterocycles. The Morgan fingerprint density at radius 3 is 2.41 bits per heavy atom. The van der Waals surface area contributed by atoms with Gasteiger partial charge in [-0.1, -0.05) is 34.6 Å². The minimum atomic E-state index is -0.225. The van der Waals surface area contributed by atoms with Crippen LogP contribution in [0.1, 0.15) is 53.9 Å². The zero-order valence-corrected chi connectivity index (χ0v) is 11.9. The summed E-state index contributed by atoms with van der Waals surface area (Å²) in [6.45, 7) is 11.0. The predicted octanol–water partition coefficient (Wildman–Crippen LogP) is 2.30. The van der Waals surface area contributed by atoms with Gasteiger partial charge in [0.25, 0.3) is 0 Å². The summed E-state index contributed by atoms with van der Waals surface area (Å²) < 4.78 is 0. The second kappa shape index (κ2) is 5.38. The molecule has 0 aliphatic heterocycles. The highest BCUT2D eigenvalue weighted by Crippen LogP contribution is 2.38. The molecular formula is C14H28N2O. The lowest BCUT2D eigenvalue weighted by Gasteiger charge is -2.41. The summed E-state index contributed by atoms with van der Waals surface area (Å²) >= 11 is 0. The molecule has 3 nitrogen and oxygen atoms in total. The van der Waals surface area contributed by atoms with Crippen molar-refractivity contribution in [1.29, 1.82) is 0 Å². The average molecular weight is 240 g/mol. The molecule has 17 heavy (non-hydrogen) atoms. The van der Waals surface area contributed by atoms with Crippen molar-refractivity contribution in [2.45, 2.75) is 66.0 Å². The highest BCUT2D eigenvalue weighted by Gasteiger charge is 2.34. The molecule has 3 atom stereocenters. The van der Waals surface area contributed by atoms with Gasteiger partial charge in [-0.15, -0.1) is 0 Å². The van der Waals surface area contributed by atoms with Crippen LogP contribution >= 0.6 is 0 Å². The molecule has 0 aromatic rings. The van der Waals surface area contributed by atoms with Crippen molar-refractivity contribution in [1.82, 2.24) is 5.32 Å². The molecule has 1 fully saturated rings. The van der Waals surface area contributed by atoms with E-state index in [1.807, 2.05) is 13.8 Å². The molecule has 0 spiro atoms. The average Bonchev–Trinajstić information content (AvgIpc) is 2.13. The van der Waals surface area contributed by atoms with Gasteiger partial charge < -0.3 is 11.1 Å². The molecule has 0 aromatic carbocycles. The number of hydrogen-bond acceptors (Lipinski definition) is 2. The number of primary amides is 1.